The predicted octanol–water partition coefficient (Wildman–Crippen LogP) is 3.32. The number of nitrogens with one attached hydrogen (secondary N) is 1. The van der Waals surface area contributed by atoms with E-state index in [-0.39, 0.29) is 32.4 Å². The fourth-order valence-electron chi connectivity index (χ4n) is 2.95. The van der Waals surface area contributed by atoms with Gasteiger partial charge in [-0.1, -0.05) is 60.7 Å². The summed E-state index contributed by atoms with van der Waals surface area (Å²) in [5, 5.41) is 3.33. The Morgan fingerprint density at radius 2 is 1.45 bits per heavy atom. The molecule has 2 atom stereocenters. The molecule has 2 rings (SSSR count). The fourth-order valence-corrected chi connectivity index (χ4v) is 2.95. The number of carbonyl (C=O) groups is 1. The van der Waals surface area contributed by atoms with E-state index in [1.54, 1.807) is 6.92 Å². The molecule has 0 fully saturated rings. The van der Waals surface area contributed by atoms with Gasteiger partial charge in [0.05, 0.1) is 45.7 Å². The molecule has 31 heavy (non-hydrogen) atoms. The van der Waals surface area contributed by atoms with Gasteiger partial charge in [-0.25, -0.2) is 9.18 Å². The molecule has 0 spiro atoms. The van der Waals surface area contributed by atoms with E-state index in [4.69, 9.17) is 14.2 Å². The topological polar surface area (TPSA) is 66.0 Å². The van der Waals surface area contributed by atoms with Gasteiger partial charge in [-0.15, -0.1) is 0 Å². The smallest absolute Gasteiger partial charge is 0.331 e. The Morgan fingerprint density at radius 3 is 2.03 bits per heavy atom. The first-order valence-electron chi connectivity index (χ1n) is 10.4. The molecule has 7 heteroatoms. The lowest BCUT2D eigenvalue weighted by Gasteiger charge is -2.23. The number of ether oxygens (including phenoxy) is 4. The van der Waals surface area contributed by atoms with Crippen LogP contribution in [0.3, 0.4) is 0 Å². The minimum atomic E-state index is -1.17. The average Bonchev–Trinajstić information content (AvgIpc) is 2.81. The molecular formula is C24H32FNO5. The Labute approximate surface area is 183 Å². The summed E-state index contributed by atoms with van der Waals surface area (Å²) in [6.45, 7) is 2.98. The molecule has 0 aliphatic heterocycles. The lowest BCUT2D eigenvalue weighted by Crippen LogP contribution is -2.36. The molecule has 2 unspecified atom stereocenters. The van der Waals surface area contributed by atoms with E-state index in [0.717, 1.165) is 11.1 Å². The van der Waals surface area contributed by atoms with Crippen molar-refractivity contribution in [2.24, 2.45) is 0 Å². The lowest BCUT2D eigenvalue weighted by atomic mass is 9.98. The van der Waals surface area contributed by atoms with Crippen molar-refractivity contribution in [3.8, 4) is 0 Å². The van der Waals surface area contributed by atoms with Crippen molar-refractivity contribution >= 4 is 5.97 Å². The van der Waals surface area contributed by atoms with Crippen molar-refractivity contribution in [3.05, 3.63) is 71.8 Å². The van der Waals surface area contributed by atoms with Gasteiger partial charge < -0.3 is 24.3 Å². The van der Waals surface area contributed by atoms with Crippen LogP contribution in [0.1, 0.15) is 24.1 Å². The van der Waals surface area contributed by atoms with Gasteiger partial charge in [0.25, 0.3) is 0 Å². The molecule has 0 saturated carbocycles. The predicted molar refractivity (Wildman–Crippen MR) is 117 cm³/mol. The largest absolute Gasteiger partial charge is 0.467 e. The van der Waals surface area contributed by atoms with Crippen molar-refractivity contribution < 1.29 is 28.1 Å². The summed E-state index contributed by atoms with van der Waals surface area (Å²) in [6, 6.07) is 19.9. The zero-order valence-electron chi connectivity index (χ0n) is 18.2. The Bertz CT molecular complexity index is 692. The van der Waals surface area contributed by atoms with E-state index >= 15 is 0 Å². The van der Waals surface area contributed by atoms with Crippen LogP contribution < -0.4 is 5.32 Å². The number of rotatable bonds is 15. The molecule has 0 heterocycles. The number of methoxy groups -OCH3 is 1. The second kappa shape index (κ2) is 14.6. The summed E-state index contributed by atoms with van der Waals surface area (Å²) in [7, 11) is 1.30. The maximum absolute atomic E-state index is 14.7. The van der Waals surface area contributed by atoms with Gasteiger partial charge in [-0.05, 0) is 18.1 Å². The summed E-state index contributed by atoms with van der Waals surface area (Å²) in [6.07, 6.45) is -1.74. The van der Waals surface area contributed by atoms with Gasteiger partial charge in [0.2, 0.25) is 0 Å². The van der Waals surface area contributed by atoms with Gasteiger partial charge in [0.1, 0.15) is 12.8 Å². The molecule has 0 radical (unpaired) electrons. The maximum Gasteiger partial charge on any atom is 0.331 e. The van der Waals surface area contributed by atoms with Crippen LogP contribution in [0.25, 0.3) is 0 Å². The second-order valence-electron chi connectivity index (χ2n) is 7.00. The maximum atomic E-state index is 14.7. The second-order valence-corrected chi connectivity index (χ2v) is 7.00. The van der Waals surface area contributed by atoms with Crippen LogP contribution >= 0.6 is 0 Å². The fraction of sp³-hybridized carbons (Fsp3) is 0.458. The van der Waals surface area contributed by atoms with Crippen molar-refractivity contribution in [2.45, 2.75) is 25.2 Å². The van der Waals surface area contributed by atoms with E-state index in [2.05, 4.69) is 10.1 Å². The number of esters is 1. The highest BCUT2D eigenvalue weighted by atomic mass is 19.1. The third kappa shape index (κ3) is 9.57. The van der Waals surface area contributed by atoms with Crippen LogP contribution in [0.5, 0.6) is 0 Å². The monoisotopic (exact) mass is 433 g/mol. The Morgan fingerprint density at radius 1 is 0.903 bits per heavy atom. The zero-order valence-corrected chi connectivity index (χ0v) is 18.2. The van der Waals surface area contributed by atoms with E-state index < -0.39 is 18.2 Å². The number of hydrogen-bond donors (Lipinski definition) is 1. The molecule has 0 saturated heterocycles. The van der Waals surface area contributed by atoms with Crippen molar-refractivity contribution in [2.75, 3.05) is 46.7 Å². The van der Waals surface area contributed by atoms with Crippen molar-refractivity contribution in [1.29, 1.82) is 0 Å². The average molecular weight is 434 g/mol. The van der Waals surface area contributed by atoms with Crippen LogP contribution in [0.15, 0.2) is 60.7 Å². The highest BCUT2D eigenvalue weighted by Crippen LogP contribution is 2.22. The van der Waals surface area contributed by atoms with E-state index in [1.807, 2.05) is 60.7 Å². The van der Waals surface area contributed by atoms with Crippen LogP contribution in [0, 0.1) is 0 Å². The van der Waals surface area contributed by atoms with E-state index in [9.17, 15) is 9.18 Å². The summed E-state index contributed by atoms with van der Waals surface area (Å²) in [5.41, 5.74) is 2.16. The Kier molecular flexibility index (Phi) is 11.8. The molecule has 0 bridgehead atoms. The van der Waals surface area contributed by atoms with E-state index in [0.29, 0.717) is 13.2 Å². The highest BCUT2D eigenvalue weighted by molar-refractivity contribution is 5.70. The molecular weight excluding hydrogens is 401 g/mol. The standard InChI is InChI=1S/C24H32FNO5/c1-19(31-16-15-29-13-14-30-18-23(27)28-2)22(25)17-26-24(20-9-5-3-6-10-20)21-11-7-4-8-12-21/h3-12,19,22,24,26H,13-18H2,1-2H3. The number of halogens is 1. The number of carbonyl (C=O) groups excluding carboxylic acids is 1. The van der Waals surface area contributed by atoms with Gasteiger partial charge in [-0.2, -0.15) is 0 Å². The first kappa shape index (κ1) is 24.9. The summed E-state index contributed by atoms with van der Waals surface area (Å²) >= 11 is 0. The zero-order chi connectivity index (χ0) is 22.3. The Balaban J connectivity index is 1.69. The molecule has 0 aromatic heterocycles. The SMILES string of the molecule is COC(=O)COCCOCCOC(C)C(F)CNC(c1ccccc1)c1ccccc1. The Hall–Kier alpha value is -2.32. The lowest BCUT2D eigenvalue weighted by molar-refractivity contribution is -0.146. The third-order valence-electron chi connectivity index (χ3n) is 4.72. The molecule has 0 amide bonds. The summed E-state index contributed by atoms with van der Waals surface area (Å²) in [4.78, 5) is 10.9. The molecule has 6 nitrogen and oxygen atoms in total. The molecule has 1 N–H and O–H groups in total. The minimum Gasteiger partial charge on any atom is -0.467 e. The van der Waals surface area contributed by atoms with E-state index in [1.165, 1.54) is 7.11 Å². The molecule has 2 aromatic rings. The number of benzene rings is 2. The first-order valence-corrected chi connectivity index (χ1v) is 10.4. The molecule has 170 valence electrons. The van der Waals surface area contributed by atoms with Gasteiger partial charge >= 0.3 is 5.97 Å². The quantitative estimate of drug-likeness (QED) is 0.343. The number of alkyl halides is 1. The van der Waals surface area contributed by atoms with Gasteiger partial charge in [0, 0.05) is 6.54 Å². The highest BCUT2D eigenvalue weighted by Gasteiger charge is 2.20. The third-order valence-corrected chi connectivity index (χ3v) is 4.72. The van der Waals surface area contributed by atoms with Gasteiger partial charge in [-0.3, -0.25) is 0 Å². The normalized spacial score (nSPS) is 13.2. The van der Waals surface area contributed by atoms with Crippen LogP contribution in [0.4, 0.5) is 4.39 Å². The molecule has 0 aliphatic rings. The first-order chi connectivity index (χ1) is 15.1. The molecule has 2 aromatic carbocycles. The van der Waals surface area contributed by atoms with Crippen molar-refractivity contribution in [1.82, 2.24) is 5.32 Å². The minimum absolute atomic E-state index is 0.0961. The van der Waals surface area contributed by atoms with Crippen LogP contribution in [-0.4, -0.2) is 64.9 Å². The van der Waals surface area contributed by atoms with Crippen molar-refractivity contribution in [3.63, 3.8) is 0 Å². The summed E-state index contributed by atoms with van der Waals surface area (Å²) in [5.74, 6) is -0.429. The van der Waals surface area contributed by atoms with Crippen LogP contribution in [0.2, 0.25) is 0 Å². The van der Waals surface area contributed by atoms with Gasteiger partial charge in [0.15, 0.2) is 0 Å². The number of hydrogen-bond acceptors (Lipinski definition) is 6. The van der Waals surface area contributed by atoms with Crippen LogP contribution in [-0.2, 0) is 23.7 Å². The summed E-state index contributed by atoms with van der Waals surface area (Å²) < 4.78 is 35.1. The molecule has 0 aliphatic carbocycles.